The van der Waals surface area contributed by atoms with Gasteiger partial charge in [0.2, 0.25) is 0 Å². The molecule has 5 rings (SSSR count). The van der Waals surface area contributed by atoms with Crippen molar-refractivity contribution in [2.24, 2.45) is 0 Å². The second-order valence-corrected chi connectivity index (χ2v) is 9.62. The number of halogens is 3. The topological polar surface area (TPSA) is 88.3 Å². The van der Waals surface area contributed by atoms with Gasteiger partial charge >= 0.3 is 12.2 Å². The summed E-state index contributed by atoms with van der Waals surface area (Å²) in [6.07, 6.45) is 2.75. The van der Waals surface area contributed by atoms with Gasteiger partial charge in [-0.25, -0.2) is 9.78 Å². The highest BCUT2D eigenvalue weighted by Crippen LogP contribution is 2.30. The summed E-state index contributed by atoms with van der Waals surface area (Å²) >= 11 is 0. The lowest BCUT2D eigenvalue weighted by Crippen LogP contribution is -2.20. The Kier molecular flexibility index (Phi) is 7.40. The minimum Gasteiger partial charge on any atom is -0.350 e. The van der Waals surface area contributed by atoms with Crippen molar-refractivity contribution in [3.63, 3.8) is 0 Å². The number of benzene rings is 2. The largest absolute Gasteiger partial charge is 0.416 e. The molecule has 0 radical (unpaired) electrons. The number of nitrogens with zero attached hydrogens (tertiary/aromatic N) is 4. The number of amides is 2. The van der Waals surface area contributed by atoms with Crippen molar-refractivity contribution in [3.05, 3.63) is 102 Å². The first-order chi connectivity index (χ1) is 19.6. The highest BCUT2D eigenvalue weighted by molar-refractivity contribution is 5.99. The molecule has 0 aliphatic heterocycles. The molecule has 3 N–H and O–H groups in total. The quantitative estimate of drug-likeness (QED) is 0.199. The number of aryl methyl sites for hydroxylation is 1. The van der Waals surface area contributed by atoms with E-state index in [0.717, 1.165) is 29.1 Å². The molecule has 0 saturated carbocycles. The smallest absolute Gasteiger partial charge is 0.350 e. The summed E-state index contributed by atoms with van der Waals surface area (Å²) in [4.78, 5) is 17.0. The van der Waals surface area contributed by atoms with Gasteiger partial charge in [0, 0.05) is 35.4 Å². The van der Waals surface area contributed by atoms with E-state index < -0.39 is 17.8 Å². The maximum Gasteiger partial charge on any atom is 0.416 e. The number of carbonyl (C=O) groups is 1. The number of urea groups is 1. The van der Waals surface area contributed by atoms with Crippen LogP contribution in [0, 0.1) is 18.8 Å². The van der Waals surface area contributed by atoms with Crippen LogP contribution in [-0.4, -0.2) is 25.2 Å². The number of fused-ring (bicyclic) bond motifs is 1. The number of rotatable bonds is 5. The first-order valence-corrected chi connectivity index (χ1v) is 12.7. The zero-order valence-electron chi connectivity index (χ0n) is 22.4. The minimum atomic E-state index is -4.50. The molecule has 2 amide bonds. The van der Waals surface area contributed by atoms with Crippen LogP contribution in [0.3, 0.4) is 0 Å². The molecule has 5 aromatic rings. The molecule has 2 aromatic carbocycles. The zero-order valence-corrected chi connectivity index (χ0v) is 22.4. The molecule has 0 bridgehead atoms. The Hall–Kier alpha value is -5.24. The molecule has 41 heavy (non-hydrogen) atoms. The van der Waals surface area contributed by atoms with Crippen molar-refractivity contribution >= 4 is 34.4 Å². The van der Waals surface area contributed by atoms with Crippen LogP contribution in [-0.2, 0) is 6.18 Å². The second kappa shape index (κ2) is 11.1. The Morgan fingerprint density at radius 3 is 2.46 bits per heavy atom. The molecule has 208 valence electrons. The van der Waals surface area contributed by atoms with Crippen molar-refractivity contribution < 1.29 is 18.0 Å². The Labute approximate surface area is 234 Å². The zero-order chi connectivity index (χ0) is 29.1. The number of hydrogen-bond acceptors (Lipinski definition) is 4. The van der Waals surface area contributed by atoms with E-state index in [-0.39, 0.29) is 11.7 Å². The van der Waals surface area contributed by atoms with Gasteiger partial charge in [0.05, 0.1) is 29.3 Å². The van der Waals surface area contributed by atoms with Gasteiger partial charge in [0.1, 0.15) is 5.69 Å². The van der Waals surface area contributed by atoms with Gasteiger partial charge in [-0.1, -0.05) is 18.1 Å². The molecule has 0 spiro atoms. The van der Waals surface area contributed by atoms with Crippen LogP contribution < -0.4 is 16.0 Å². The molecule has 3 aromatic heterocycles. The molecular weight excluding hydrogens is 531 g/mol. The van der Waals surface area contributed by atoms with Crippen LogP contribution in [0.25, 0.3) is 5.65 Å². The van der Waals surface area contributed by atoms with Crippen LogP contribution in [0.2, 0.25) is 0 Å². The molecular formula is C30H26F3N7O. The SMILES string of the molecule is Cc1ccc(NC(=O)Nc2cccc(C(F)(F)F)c2)cc1C#Cc1cnc2c(Nc3cnn(C(C)C)c3)cccn12. The molecule has 8 nitrogen and oxygen atoms in total. The summed E-state index contributed by atoms with van der Waals surface area (Å²) in [6.45, 7) is 6.00. The van der Waals surface area contributed by atoms with Crippen molar-refractivity contribution in [2.45, 2.75) is 33.0 Å². The average molecular weight is 558 g/mol. The lowest BCUT2D eigenvalue weighted by Gasteiger charge is -2.11. The molecule has 0 fully saturated rings. The summed E-state index contributed by atoms with van der Waals surface area (Å²) in [5, 5.41) is 12.8. The number of carbonyl (C=O) groups excluding carboxylic acids is 1. The van der Waals surface area contributed by atoms with Gasteiger partial charge in [-0.3, -0.25) is 9.08 Å². The van der Waals surface area contributed by atoms with Crippen molar-refractivity contribution in [1.29, 1.82) is 0 Å². The normalized spacial score (nSPS) is 11.3. The molecule has 0 aliphatic rings. The highest BCUT2D eigenvalue weighted by Gasteiger charge is 2.30. The van der Waals surface area contributed by atoms with Gasteiger partial charge in [-0.15, -0.1) is 0 Å². The van der Waals surface area contributed by atoms with Crippen molar-refractivity contribution in [3.8, 4) is 11.8 Å². The number of nitrogens with one attached hydrogen (secondary N) is 3. The minimum absolute atomic E-state index is 0.0275. The van der Waals surface area contributed by atoms with Crippen LogP contribution in [0.15, 0.2) is 79.4 Å². The van der Waals surface area contributed by atoms with Crippen LogP contribution in [0.4, 0.5) is 40.7 Å². The molecule has 0 atom stereocenters. The fraction of sp³-hybridized carbons (Fsp3) is 0.167. The first-order valence-electron chi connectivity index (χ1n) is 12.7. The second-order valence-electron chi connectivity index (χ2n) is 9.62. The molecule has 11 heteroatoms. The van der Waals surface area contributed by atoms with Crippen molar-refractivity contribution in [1.82, 2.24) is 19.2 Å². The predicted octanol–water partition coefficient (Wildman–Crippen LogP) is 7.23. The fourth-order valence-electron chi connectivity index (χ4n) is 4.07. The van der Waals surface area contributed by atoms with E-state index >= 15 is 0 Å². The number of alkyl halides is 3. The van der Waals surface area contributed by atoms with Crippen molar-refractivity contribution in [2.75, 3.05) is 16.0 Å². The predicted molar refractivity (Wildman–Crippen MR) is 152 cm³/mol. The van der Waals surface area contributed by atoms with E-state index in [2.05, 4.69) is 51.7 Å². The lowest BCUT2D eigenvalue weighted by molar-refractivity contribution is -0.137. The van der Waals surface area contributed by atoms with E-state index in [1.165, 1.54) is 12.1 Å². The fourth-order valence-corrected chi connectivity index (χ4v) is 4.07. The summed E-state index contributed by atoms with van der Waals surface area (Å²) in [7, 11) is 0. The standard InChI is InChI=1S/C30H26F3N7O/c1-19(2)40-18-25(16-35-40)36-27-8-5-13-39-26(17-34-28(27)39)12-10-21-14-24(11-9-20(21)3)38-29(41)37-23-7-4-6-22(15-23)30(31,32)33/h4-9,11,13-19,36H,1-3H3,(H2,37,38,41). The van der Waals surface area contributed by atoms with Gasteiger partial charge in [0.15, 0.2) is 5.65 Å². The van der Waals surface area contributed by atoms with Crippen LogP contribution in [0.5, 0.6) is 0 Å². The Morgan fingerprint density at radius 1 is 0.951 bits per heavy atom. The maximum atomic E-state index is 13.0. The third-order valence-electron chi connectivity index (χ3n) is 6.21. The van der Waals surface area contributed by atoms with E-state index in [1.54, 1.807) is 30.6 Å². The van der Waals surface area contributed by atoms with Gasteiger partial charge in [-0.05, 0) is 74.7 Å². The number of anilines is 4. The summed E-state index contributed by atoms with van der Waals surface area (Å²) in [6, 6.07) is 13.0. The van der Waals surface area contributed by atoms with Gasteiger partial charge in [-0.2, -0.15) is 18.3 Å². The number of imidazole rings is 1. The third-order valence-corrected chi connectivity index (χ3v) is 6.21. The monoisotopic (exact) mass is 557 g/mol. The molecule has 0 unspecified atom stereocenters. The first kappa shape index (κ1) is 27.3. The van der Waals surface area contributed by atoms with E-state index in [0.29, 0.717) is 22.6 Å². The number of aromatic nitrogens is 4. The van der Waals surface area contributed by atoms with E-state index in [1.807, 2.05) is 40.5 Å². The molecule has 0 aliphatic carbocycles. The average Bonchev–Trinajstić information content (AvgIpc) is 3.56. The maximum absolute atomic E-state index is 13.0. The highest BCUT2D eigenvalue weighted by atomic mass is 19.4. The van der Waals surface area contributed by atoms with Gasteiger partial charge in [0.25, 0.3) is 0 Å². The Bertz CT molecular complexity index is 1790. The summed E-state index contributed by atoms with van der Waals surface area (Å²) in [5.41, 5.74) is 4.20. The van der Waals surface area contributed by atoms with E-state index in [4.69, 9.17) is 0 Å². The third kappa shape index (κ3) is 6.33. The Morgan fingerprint density at radius 2 is 1.73 bits per heavy atom. The Balaban J connectivity index is 1.32. The van der Waals surface area contributed by atoms with Crippen LogP contribution >= 0.6 is 0 Å². The van der Waals surface area contributed by atoms with E-state index in [9.17, 15) is 18.0 Å². The van der Waals surface area contributed by atoms with Gasteiger partial charge < -0.3 is 16.0 Å². The summed E-state index contributed by atoms with van der Waals surface area (Å²) < 4.78 is 42.7. The molecule has 0 saturated heterocycles. The molecule has 3 heterocycles. The van der Waals surface area contributed by atoms with Crippen LogP contribution in [0.1, 0.15) is 42.3 Å². The number of hydrogen-bond donors (Lipinski definition) is 3. The number of pyridine rings is 1. The lowest BCUT2D eigenvalue weighted by atomic mass is 10.1. The summed E-state index contributed by atoms with van der Waals surface area (Å²) in [5.74, 6) is 6.29.